The summed E-state index contributed by atoms with van der Waals surface area (Å²) >= 11 is 0. The van der Waals surface area contributed by atoms with Crippen molar-refractivity contribution in [2.24, 2.45) is 0 Å². The molecule has 0 atom stereocenters. The monoisotopic (exact) mass is 277 g/mol. The molecule has 104 valence electrons. The molecule has 1 N–H and O–H groups in total. The molecule has 1 aromatic carbocycles. The molecule has 0 bridgehead atoms. The zero-order valence-electron chi connectivity index (χ0n) is 9.92. The summed E-state index contributed by atoms with van der Waals surface area (Å²) in [5.74, 6) is -5.39. The van der Waals surface area contributed by atoms with Crippen LogP contribution in [0.1, 0.15) is 27.6 Å². The van der Waals surface area contributed by atoms with Crippen molar-refractivity contribution < 1.29 is 27.2 Å². The molecule has 1 rings (SSSR count). The van der Waals surface area contributed by atoms with E-state index in [1.807, 2.05) is 0 Å². The average molecular weight is 277 g/mol. The van der Waals surface area contributed by atoms with Crippen molar-refractivity contribution in [1.29, 1.82) is 0 Å². The smallest absolute Gasteiger partial charge is 0.324 e. The third kappa shape index (κ3) is 4.04. The molecule has 0 saturated carbocycles. The average Bonchev–Trinajstić information content (AvgIpc) is 2.36. The Bertz CT molecular complexity index is 471. The summed E-state index contributed by atoms with van der Waals surface area (Å²) in [6.45, 7) is -0.115. The van der Waals surface area contributed by atoms with E-state index in [0.717, 1.165) is 0 Å². The number of rotatable bonds is 5. The molecule has 0 saturated heterocycles. The number of Topliss-reactive ketones (excluding diaryl/α,β-unsaturated/α-hetero) is 1. The van der Waals surface area contributed by atoms with E-state index in [1.54, 1.807) is 5.32 Å². The molecular weight excluding hydrogens is 266 g/mol. The molecule has 0 unspecified atom stereocenters. The highest BCUT2D eigenvalue weighted by Crippen LogP contribution is 2.21. The molecule has 1 aromatic rings. The molecular formula is C12H11F4NO2. The molecule has 0 fully saturated rings. The van der Waals surface area contributed by atoms with E-state index in [9.17, 15) is 27.2 Å². The van der Waals surface area contributed by atoms with Crippen LogP contribution in [-0.4, -0.2) is 30.6 Å². The van der Waals surface area contributed by atoms with E-state index in [4.69, 9.17) is 0 Å². The van der Waals surface area contributed by atoms with Gasteiger partial charge in [-0.15, -0.1) is 0 Å². The first-order chi connectivity index (χ1) is 8.74. The van der Waals surface area contributed by atoms with Gasteiger partial charge in [-0.2, -0.15) is 8.78 Å². The highest BCUT2D eigenvalue weighted by Gasteiger charge is 2.40. The van der Waals surface area contributed by atoms with Gasteiger partial charge in [-0.3, -0.25) is 9.59 Å². The van der Waals surface area contributed by atoms with Crippen LogP contribution in [0.5, 0.6) is 0 Å². The number of carbonyl (C=O) groups is 2. The summed E-state index contributed by atoms with van der Waals surface area (Å²) in [4.78, 5) is 22.4. The molecule has 0 aliphatic carbocycles. The number of nitrogens with one attached hydrogen (secondary N) is 1. The molecule has 1 amide bonds. The number of alkyl halides is 4. The van der Waals surface area contributed by atoms with Gasteiger partial charge in [0.1, 0.15) is 0 Å². The number of benzene rings is 1. The van der Waals surface area contributed by atoms with E-state index in [2.05, 4.69) is 0 Å². The Morgan fingerprint density at radius 3 is 2.05 bits per heavy atom. The lowest BCUT2D eigenvalue weighted by Crippen LogP contribution is -2.41. The van der Waals surface area contributed by atoms with Crippen LogP contribution >= 0.6 is 0 Å². The number of ketones is 1. The molecule has 0 heterocycles. The predicted octanol–water partition coefficient (Wildman–Crippen LogP) is 2.52. The third-order valence-electron chi connectivity index (χ3n) is 2.36. The van der Waals surface area contributed by atoms with Gasteiger partial charge in [-0.25, -0.2) is 8.78 Å². The van der Waals surface area contributed by atoms with E-state index < -0.39 is 24.8 Å². The van der Waals surface area contributed by atoms with Crippen molar-refractivity contribution in [3.8, 4) is 0 Å². The van der Waals surface area contributed by atoms with Gasteiger partial charge in [-0.1, -0.05) is 12.1 Å². The Labute approximate surface area is 106 Å². The number of hydrogen-bond donors (Lipinski definition) is 1. The molecule has 0 spiro atoms. The summed E-state index contributed by atoms with van der Waals surface area (Å²) < 4.78 is 48.9. The van der Waals surface area contributed by atoms with Gasteiger partial charge in [0, 0.05) is 11.1 Å². The lowest BCUT2D eigenvalue weighted by atomic mass is 10.1. The fourth-order valence-electron chi connectivity index (χ4n) is 1.23. The van der Waals surface area contributed by atoms with Crippen LogP contribution < -0.4 is 5.32 Å². The number of halogens is 4. The summed E-state index contributed by atoms with van der Waals surface area (Å²) in [7, 11) is 0. The topological polar surface area (TPSA) is 46.2 Å². The van der Waals surface area contributed by atoms with Crippen molar-refractivity contribution in [3.63, 3.8) is 0 Å². The standard InChI is InChI=1S/C12H11F4NO2/c1-7(18)8-2-4-9(5-3-8)10(19)17-6-12(15,16)11(13)14/h2-5,11H,6H2,1H3,(H,17,19). The first kappa shape index (κ1) is 15.1. The molecule has 19 heavy (non-hydrogen) atoms. The Kier molecular flexibility index (Phi) is 4.63. The third-order valence-corrected chi connectivity index (χ3v) is 2.36. The second-order valence-electron chi connectivity index (χ2n) is 3.88. The maximum absolute atomic E-state index is 12.6. The minimum atomic E-state index is -4.27. The Balaban J connectivity index is 2.66. The highest BCUT2D eigenvalue weighted by molar-refractivity contribution is 5.97. The van der Waals surface area contributed by atoms with Gasteiger partial charge >= 0.3 is 12.3 Å². The van der Waals surface area contributed by atoms with Crippen molar-refractivity contribution in [3.05, 3.63) is 35.4 Å². The first-order valence-corrected chi connectivity index (χ1v) is 5.29. The van der Waals surface area contributed by atoms with Gasteiger partial charge in [0.2, 0.25) is 0 Å². The largest absolute Gasteiger partial charge is 0.346 e. The molecule has 0 aliphatic heterocycles. The first-order valence-electron chi connectivity index (χ1n) is 5.29. The summed E-state index contributed by atoms with van der Waals surface area (Å²) in [6.07, 6.45) is -3.84. The van der Waals surface area contributed by atoms with Crippen LogP contribution in [0.3, 0.4) is 0 Å². The maximum Gasteiger partial charge on any atom is 0.324 e. The second-order valence-corrected chi connectivity index (χ2v) is 3.88. The van der Waals surface area contributed by atoms with E-state index in [1.165, 1.54) is 31.2 Å². The van der Waals surface area contributed by atoms with E-state index in [-0.39, 0.29) is 11.3 Å². The van der Waals surface area contributed by atoms with Crippen molar-refractivity contribution in [1.82, 2.24) is 5.32 Å². The van der Waals surface area contributed by atoms with Gasteiger partial charge in [-0.05, 0) is 19.1 Å². The SMILES string of the molecule is CC(=O)c1ccc(C(=O)NCC(F)(F)C(F)F)cc1. The summed E-state index contributed by atoms with van der Waals surface area (Å²) in [5, 5.41) is 1.72. The lowest BCUT2D eigenvalue weighted by molar-refractivity contribution is -0.123. The van der Waals surface area contributed by atoms with Crippen LogP contribution in [0.15, 0.2) is 24.3 Å². The van der Waals surface area contributed by atoms with Gasteiger partial charge in [0.05, 0.1) is 6.54 Å². The summed E-state index contributed by atoms with van der Waals surface area (Å²) in [6, 6.07) is 5.21. The minimum absolute atomic E-state index is 0.00932. The Hall–Kier alpha value is -1.92. The van der Waals surface area contributed by atoms with Gasteiger partial charge in [0.15, 0.2) is 5.78 Å². The van der Waals surface area contributed by atoms with Gasteiger partial charge < -0.3 is 5.32 Å². The quantitative estimate of drug-likeness (QED) is 0.664. The molecule has 0 radical (unpaired) electrons. The van der Waals surface area contributed by atoms with Crippen LogP contribution in [0.2, 0.25) is 0 Å². The number of amides is 1. The summed E-state index contributed by atoms with van der Waals surface area (Å²) in [5.41, 5.74) is 0.365. The van der Waals surface area contributed by atoms with Crippen molar-refractivity contribution in [2.75, 3.05) is 6.54 Å². The fourth-order valence-corrected chi connectivity index (χ4v) is 1.23. The second kappa shape index (κ2) is 5.81. The molecule has 0 aromatic heterocycles. The van der Waals surface area contributed by atoms with Crippen LogP contribution in [0, 0.1) is 0 Å². The highest BCUT2D eigenvalue weighted by atomic mass is 19.3. The zero-order valence-corrected chi connectivity index (χ0v) is 9.92. The normalized spacial score (nSPS) is 11.5. The minimum Gasteiger partial charge on any atom is -0.346 e. The van der Waals surface area contributed by atoms with Crippen molar-refractivity contribution in [2.45, 2.75) is 19.3 Å². The maximum atomic E-state index is 12.6. The van der Waals surface area contributed by atoms with Crippen LogP contribution in [0.25, 0.3) is 0 Å². The van der Waals surface area contributed by atoms with E-state index >= 15 is 0 Å². The van der Waals surface area contributed by atoms with E-state index in [0.29, 0.717) is 5.56 Å². The Morgan fingerprint density at radius 2 is 1.63 bits per heavy atom. The number of carbonyl (C=O) groups excluding carboxylic acids is 2. The van der Waals surface area contributed by atoms with Crippen LogP contribution in [0.4, 0.5) is 17.6 Å². The number of hydrogen-bond acceptors (Lipinski definition) is 2. The lowest BCUT2D eigenvalue weighted by Gasteiger charge is -2.15. The molecule has 0 aliphatic rings. The fraction of sp³-hybridized carbons (Fsp3) is 0.333. The molecule has 7 heteroatoms. The van der Waals surface area contributed by atoms with Crippen molar-refractivity contribution >= 4 is 11.7 Å². The van der Waals surface area contributed by atoms with Crippen LogP contribution in [-0.2, 0) is 0 Å². The Morgan fingerprint density at radius 1 is 1.16 bits per heavy atom. The molecule has 3 nitrogen and oxygen atoms in total. The predicted molar refractivity (Wildman–Crippen MR) is 59.7 cm³/mol. The van der Waals surface area contributed by atoms with Gasteiger partial charge in [0.25, 0.3) is 5.91 Å². The zero-order chi connectivity index (χ0) is 14.6.